The molecule has 184 valence electrons. The molecule has 2 saturated carbocycles. The molecule has 7 nitrogen and oxygen atoms in total. The molecule has 0 aliphatic heterocycles. The molecule has 7 heteroatoms. The van der Waals surface area contributed by atoms with Gasteiger partial charge in [-0.05, 0) is 47.9 Å². The molecule has 2 aromatic rings. The van der Waals surface area contributed by atoms with Crippen LogP contribution in [0.2, 0.25) is 0 Å². The van der Waals surface area contributed by atoms with Gasteiger partial charge in [0.25, 0.3) is 0 Å². The number of nitrogens with one attached hydrogen (secondary N) is 2. The largest absolute Gasteiger partial charge is 0.481 e. The summed E-state index contributed by atoms with van der Waals surface area (Å²) in [6.45, 7) is 0.228. The zero-order valence-electron chi connectivity index (χ0n) is 19.7. The molecule has 3 aliphatic carbocycles. The minimum atomic E-state index is -0.852. The predicted octanol–water partition coefficient (Wildman–Crippen LogP) is 4.45. The van der Waals surface area contributed by atoms with E-state index in [1.54, 1.807) is 0 Å². The second-order valence-corrected chi connectivity index (χ2v) is 9.96. The monoisotopic (exact) mass is 476 g/mol. The number of carboxylic acid groups (broad SMARTS) is 1. The number of hydrogen-bond acceptors (Lipinski definition) is 4. The lowest BCUT2D eigenvalue weighted by Gasteiger charge is -2.31. The first-order valence-corrected chi connectivity index (χ1v) is 12.7. The Bertz CT molecular complexity index is 1070. The highest BCUT2D eigenvalue weighted by Gasteiger charge is 2.38. The summed E-state index contributed by atoms with van der Waals surface area (Å²) in [5.41, 5.74) is 4.65. The third-order valence-electron chi connectivity index (χ3n) is 7.91. The average molecular weight is 477 g/mol. The second kappa shape index (κ2) is 10.1. The van der Waals surface area contributed by atoms with E-state index < -0.39 is 18.0 Å². The molecule has 0 radical (unpaired) electrons. The third-order valence-corrected chi connectivity index (χ3v) is 7.91. The predicted molar refractivity (Wildman–Crippen MR) is 131 cm³/mol. The zero-order chi connectivity index (χ0) is 24.4. The van der Waals surface area contributed by atoms with Gasteiger partial charge in [0.15, 0.2) is 0 Å². The minimum Gasteiger partial charge on any atom is -0.481 e. The van der Waals surface area contributed by atoms with Crippen LogP contribution in [0.5, 0.6) is 0 Å². The standard InChI is InChI=1S/C28H32N2O5/c31-26(29-25-14-6-5-12-22(25)27(32)33)21-13-7-15-24(21)30-28(34)35-16-23-19-10-3-1-8-17(19)18-9-2-4-11-20(18)23/h1-4,8-11,21-25H,5-7,12-16H2,(H,29,31)(H,30,34)(H,32,33). The van der Waals surface area contributed by atoms with Crippen molar-refractivity contribution in [2.45, 2.75) is 62.9 Å². The summed E-state index contributed by atoms with van der Waals surface area (Å²) in [6, 6.07) is 15.7. The van der Waals surface area contributed by atoms with Crippen LogP contribution in [0.15, 0.2) is 48.5 Å². The minimum absolute atomic E-state index is 0.0184. The summed E-state index contributed by atoms with van der Waals surface area (Å²) in [7, 11) is 0. The van der Waals surface area contributed by atoms with E-state index in [9.17, 15) is 19.5 Å². The highest BCUT2D eigenvalue weighted by Crippen LogP contribution is 2.44. The molecular weight excluding hydrogens is 444 g/mol. The van der Waals surface area contributed by atoms with Crippen molar-refractivity contribution in [1.29, 1.82) is 0 Å². The van der Waals surface area contributed by atoms with Gasteiger partial charge >= 0.3 is 12.1 Å². The van der Waals surface area contributed by atoms with E-state index in [1.807, 2.05) is 24.3 Å². The van der Waals surface area contributed by atoms with E-state index in [4.69, 9.17) is 4.74 Å². The van der Waals surface area contributed by atoms with E-state index in [0.29, 0.717) is 25.7 Å². The van der Waals surface area contributed by atoms with Crippen molar-refractivity contribution < 1.29 is 24.2 Å². The molecule has 3 aliphatic rings. The maximum Gasteiger partial charge on any atom is 0.407 e. The van der Waals surface area contributed by atoms with Gasteiger partial charge in [0.1, 0.15) is 6.61 Å². The van der Waals surface area contributed by atoms with Crippen molar-refractivity contribution in [2.24, 2.45) is 11.8 Å². The molecule has 35 heavy (non-hydrogen) atoms. The summed E-state index contributed by atoms with van der Waals surface area (Å²) in [5, 5.41) is 15.4. The lowest BCUT2D eigenvalue weighted by atomic mass is 9.84. The van der Waals surface area contributed by atoms with Crippen molar-refractivity contribution in [2.75, 3.05) is 6.61 Å². The fraction of sp³-hybridized carbons (Fsp3) is 0.464. The van der Waals surface area contributed by atoms with Crippen LogP contribution < -0.4 is 10.6 Å². The van der Waals surface area contributed by atoms with Gasteiger partial charge in [-0.15, -0.1) is 0 Å². The SMILES string of the molecule is O=C(NC1CCCC1C(=O)NC1CCCCC1C(=O)O)OCC1c2ccccc2-c2ccccc21. The molecule has 0 spiro atoms. The number of fused-ring (bicyclic) bond motifs is 3. The number of amides is 2. The fourth-order valence-electron chi connectivity index (χ4n) is 6.13. The summed E-state index contributed by atoms with van der Waals surface area (Å²) < 4.78 is 5.67. The van der Waals surface area contributed by atoms with E-state index in [0.717, 1.165) is 30.4 Å². The Labute approximate surface area is 205 Å². The van der Waals surface area contributed by atoms with Gasteiger partial charge in [0, 0.05) is 18.0 Å². The van der Waals surface area contributed by atoms with Crippen molar-refractivity contribution in [3.8, 4) is 11.1 Å². The van der Waals surface area contributed by atoms with E-state index >= 15 is 0 Å². The Morgan fingerprint density at radius 3 is 2.03 bits per heavy atom. The lowest BCUT2D eigenvalue weighted by Crippen LogP contribution is -2.50. The first kappa shape index (κ1) is 23.4. The first-order chi connectivity index (χ1) is 17.0. The van der Waals surface area contributed by atoms with Crippen molar-refractivity contribution in [3.63, 3.8) is 0 Å². The van der Waals surface area contributed by atoms with Crippen LogP contribution in [0.1, 0.15) is 62.0 Å². The summed E-state index contributed by atoms with van der Waals surface area (Å²) in [4.78, 5) is 37.3. The van der Waals surface area contributed by atoms with Gasteiger partial charge in [-0.3, -0.25) is 9.59 Å². The summed E-state index contributed by atoms with van der Waals surface area (Å²) in [5.74, 6) is -1.94. The van der Waals surface area contributed by atoms with Crippen LogP contribution >= 0.6 is 0 Å². The van der Waals surface area contributed by atoms with E-state index in [2.05, 4.69) is 34.9 Å². The molecule has 2 aromatic carbocycles. The first-order valence-electron chi connectivity index (χ1n) is 12.7. The van der Waals surface area contributed by atoms with Crippen LogP contribution in [-0.2, 0) is 14.3 Å². The van der Waals surface area contributed by atoms with E-state index in [1.165, 1.54) is 11.1 Å². The Morgan fingerprint density at radius 2 is 1.34 bits per heavy atom. The number of carbonyl (C=O) groups excluding carboxylic acids is 2. The number of alkyl carbamates (subject to hydrolysis) is 1. The fourth-order valence-corrected chi connectivity index (χ4v) is 6.13. The Hall–Kier alpha value is -3.35. The van der Waals surface area contributed by atoms with E-state index in [-0.39, 0.29) is 36.4 Å². The molecule has 0 aromatic heterocycles. The molecule has 0 saturated heterocycles. The van der Waals surface area contributed by atoms with Crippen LogP contribution in [0.3, 0.4) is 0 Å². The van der Waals surface area contributed by atoms with Crippen LogP contribution in [0.4, 0.5) is 4.79 Å². The zero-order valence-corrected chi connectivity index (χ0v) is 19.7. The molecule has 2 fully saturated rings. The van der Waals surface area contributed by atoms with Gasteiger partial charge in [-0.2, -0.15) is 0 Å². The van der Waals surface area contributed by atoms with Gasteiger partial charge in [0.05, 0.1) is 11.8 Å². The molecule has 2 amide bonds. The maximum atomic E-state index is 13.0. The molecule has 4 unspecified atom stereocenters. The third kappa shape index (κ3) is 4.77. The van der Waals surface area contributed by atoms with Gasteiger partial charge in [-0.25, -0.2) is 4.79 Å². The lowest BCUT2D eigenvalue weighted by molar-refractivity contribution is -0.144. The number of benzene rings is 2. The summed E-state index contributed by atoms with van der Waals surface area (Å²) in [6.07, 6.45) is 4.75. The number of hydrogen-bond donors (Lipinski definition) is 3. The normalized spacial score (nSPS) is 25.4. The van der Waals surface area contributed by atoms with Gasteiger partial charge in [0.2, 0.25) is 5.91 Å². The second-order valence-electron chi connectivity index (χ2n) is 9.96. The van der Waals surface area contributed by atoms with Crippen molar-refractivity contribution in [1.82, 2.24) is 10.6 Å². The number of carbonyl (C=O) groups is 3. The van der Waals surface area contributed by atoms with Crippen molar-refractivity contribution in [3.05, 3.63) is 59.7 Å². The van der Waals surface area contributed by atoms with Crippen LogP contribution in [0, 0.1) is 11.8 Å². The molecule has 4 atom stereocenters. The average Bonchev–Trinajstić information content (AvgIpc) is 3.45. The maximum absolute atomic E-state index is 13.0. The number of aliphatic carboxylic acids is 1. The Balaban J connectivity index is 1.19. The molecule has 5 rings (SSSR count). The van der Waals surface area contributed by atoms with Crippen molar-refractivity contribution >= 4 is 18.0 Å². The van der Waals surface area contributed by atoms with Crippen LogP contribution in [-0.4, -0.2) is 41.8 Å². The highest BCUT2D eigenvalue weighted by atomic mass is 16.5. The number of carboxylic acids is 1. The Kier molecular flexibility index (Phi) is 6.75. The molecule has 0 bridgehead atoms. The smallest absolute Gasteiger partial charge is 0.407 e. The molecular formula is C28H32N2O5. The topological polar surface area (TPSA) is 105 Å². The molecule has 0 heterocycles. The summed E-state index contributed by atoms with van der Waals surface area (Å²) >= 11 is 0. The quantitative estimate of drug-likeness (QED) is 0.571. The van der Waals surface area contributed by atoms with Gasteiger partial charge in [-0.1, -0.05) is 67.8 Å². The highest BCUT2D eigenvalue weighted by molar-refractivity contribution is 5.82. The number of rotatable bonds is 6. The number of ether oxygens (including phenoxy) is 1. The molecule has 3 N–H and O–H groups in total. The van der Waals surface area contributed by atoms with Gasteiger partial charge < -0.3 is 20.5 Å². The van der Waals surface area contributed by atoms with Crippen LogP contribution in [0.25, 0.3) is 11.1 Å². The Morgan fingerprint density at radius 1 is 0.771 bits per heavy atom.